The Morgan fingerprint density at radius 1 is 1.04 bits per heavy atom. The van der Waals surface area contributed by atoms with Crippen LogP contribution in [-0.4, -0.2) is 84.2 Å². The molecule has 3 saturated heterocycles. The van der Waals surface area contributed by atoms with Crippen molar-refractivity contribution in [2.24, 2.45) is 5.41 Å². The number of amides is 1. The molecule has 3 heterocycles. The van der Waals surface area contributed by atoms with Crippen LogP contribution in [0.1, 0.15) is 42.5 Å². The maximum Gasteiger partial charge on any atom is 0.253 e. The molecule has 4 rings (SSSR count). The lowest BCUT2D eigenvalue weighted by Gasteiger charge is -2.52. The lowest BCUT2D eigenvalue weighted by Crippen LogP contribution is -2.60. The van der Waals surface area contributed by atoms with E-state index < -0.39 is 0 Å². The fraction of sp³-hybridized carbons (Fsp3) is 0.682. The van der Waals surface area contributed by atoms with Gasteiger partial charge in [0, 0.05) is 49.7 Å². The average molecular weight is 372 g/mol. The molecule has 5 nitrogen and oxygen atoms in total. The standard InChI is InChI=1S/C22H33N3O2/c1-23-13-10-20(26)22(16-23)11-5-12-25(17-22)19-8-14-24(15-9-19)21(27)18-6-3-2-4-7-18/h2-4,6-7,19-20,26H,5,8-17H2,1H3/t20-,22-/m0/s1. The van der Waals surface area contributed by atoms with Crippen LogP contribution in [0.4, 0.5) is 0 Å². The first-order valence-corrected chi connectivity index (χ1v) is 10.5. The second-order valence-corrected chi connectivity index (χ2v) is 8.87. The zero-order chi connectivity index (χ0) is 18.9. The maximum atomic E-state index is 12.7. The number of likely N-dealkylation sites (tertiary alicyclic amines) is 3. The number of aliphatic hydroxyl groups excluding tert-OH is 1. The monoisotopic (exact) mass is 371 g/mol. The quantitative estimate of drug-likeness (QED) is 0.865. The molecule has 1 amide bonds. The summed E-state index contributed by atoms with van der Waals surface area (Å²) in [7, 11) is 2.18. The predicted octanol–water partition coefficient (Wildman–Crippen LogP) is 2.07. The summed E-state index contributed by atoms with van der Waals surface area (Å²) in [5.41, 5.74) is 0.837. The molecular weight excluding hydrogens is 338 g/mol. The number of carbonyl (C=O) groups excluding carboxylic acids is 1. The summed E-state index contributed by atoms with van der Waals surface area (Å²) < 4.78 is 0. The van der Waals surface area contributed by atoms with Crippen LogP contribution in [0.15, 0.2) is 30.3 Å². The van der Waals surface area contributed by atoms with Gasteiger partial charge in [-0.25, -0.2) is 0 Å². The molecule has 0 aromatic heterocycles. The highest BCUT2D eigenvalue weighted by Crippen LogP contribution is 2.39. The summed E-state index contributed by atoms with van der Waals surface area (Å²) in [5, 5.41) is 10.8. The molecule has 0 bridgehead atoms. The van der Waals surface area contributed by atoms with Crippen LogP contribution in [0.5, 0.6) is 0 Å². The maximum absolute atomic E-state index is 12.7. The van der Waals surface area contributed by atoms with Crippen molar-refractivity contribution in [3.8, 4) is 0 Å². The number of hydrogen-bond donors (Lipinski definition) is 1. The number of piperidine rings is 3. The van der Waals surface area contributed by atoms with E-state index in [0.29, 0.717) is 6.04 Å². The van der Waals surface area contributed by atoms with Gasteiger partial charge in [-0.3, -0.25) is 9.69 Å². The topological polar surface area (TPSA) is 47.0 Å². The van der Waals surface area contributed by atoms with E-state index >= 15 is 0 Å². The van der Waals surface area contributed by atoms with Crippen molar-refractivity contribution in [3.63, 3.8) is 0 Å². The zero-order valence-electron chi connectivity index (χ0n) is 16.5. The number of carbonyl (C=O) groups is 1. The first-order chi connectivity index (χ1) is 13.1. The molecule has 3 fully saturated rings. The van der Waals surface area contributed by atoms with Gasteiger partial charge in [0.1, 0.15) is 0 Å². The fourth-order valence-electron chi connectivity index (χ4n) is 5.48. The third-order valence-corrected chi connectivity index (χ3v) is 7.00. The Labute approximate surface area is 162 Å². The van der Waals surface area contributed by atoms with E-state index in [1.807, 2.05) is 35.2 Å². The van der Waals surface area contributed by atoms with Crippen LogP contribution in [0.25, 0.3) is 0 Å². The SMILES string of the molecule is CN1CC[C@H](O)[C@@]2(CCCN(C3CCN(C(=O)c4ccccc4)CC3)C2)C1. The largest absolute Gasteiger partial charge is 0.392 e. The van der Waals surface area contributed by atoms with Crippen molar-refractivity contribution in [3.05, 3.63) is 35.9 Å². The van der Waals surface area contributed by atoms with Gasteiger partial charge in [-0.15, -0.1) is 0 Å². The molecule has 3 aliphatic rings. The number of aliphatic hydroxyl groups is 1. The van der Waals surface area contributed by atoms with Crippen LogP contribution in [0, 0.1) is 5.41 Å². The minimum Gasteiger partial charge on any atom is -0.392 e. The summed E-state index contributed by atoms with van der Waals surface area (Å²) in [6.07, 6.45) is 5.13. The van der Waals surface area contributed by atoms with Gasteiger partial charge in [-0.1, -0.05) is 18.2 Å². The minimum absolute atomic E-state index is 0.0439. The Morgan fingerprint density at radius 3 is 2.52 bits per heavy atom. The van der Waals surface area contributed by atoms with Crippen LogP contribution >= 0.6 is 0 Å². The van der Waals surface area contributed by atoms with Gasteiger partial charge < -0.3 is 14.9 Å². The molecule has 3 aliphatic heterocycles. The minimum atomic E-state index is -0.170. The third kappa shape index (κ3) is 3.91. The van der Waals surface area contributed by atoms with Crippen LogP contribution in [0.2, 0.25) is 0 Å². The highest BCUT2D eigenvalue weighted by Gasteiger charge is 2.46. The molecular formula is C22H33N3O2. The number of benzene rings is 1. The molecule has 2 atom stereocenters. The first-order valence-electron chi connectivity index (χ1n) is 10.5. The normalized spacial score (nSPS) is 31.3. The summed E-state index contributed by atoms with van der Waals surface area (Å²) in [4.78, 5) is 19.7. The van der Waals surface area contributed by atoms with Crippen molar-refractivity contribution >= 4 is 5.91 Å². The Kier molecular flexibility index (Phi) is 5.53. The molecule has 0 radical (unpaired) electrons. The highest BCUT2D eigenvalue weighted by molar-refractivity contribution is 5.94. The van der Waals surface area contributed by atoms with Crippen LogP contribution in [0.3, 0.4) is 0 Å². The van der Waals surface area contributed by atoms with Crippen molar-refractivity contribution in [2.75, 3.05) is 46.3 Å². The van der Waals surface area contributed by atoms with Crippen molar-refractivity contribution in [1.29, 1.82) is 0 Å². The van der Waals surface area contributed by atoms with Gasteiger partial charge in [0.15, 0.2) is 0 Å². The third-order valence-electron chi connectivity index (χ3n) is 7.00. The highest BCUT2D eigenvalue weighted by atomic mass is 16.3. The van der Waals surface area contributed by atoms with Gasteiger partial charge >= 0.3 is 0 Å². The van der Waals surface area contributed by atoms with E-state index in [0.717, 1.165) is 70.5 Å². The smallest absolute Gasteiger partial charge is 0.253 e. The summed E-state index contributed by atoms with van der Waals surface area (Å²) in [5.74, 6) is 0.161. The predicted molar refractivity (Wildman–Crippen MR) is 107 cm³/mol. The Morgan fingerprint density at radius 2 is 1.78 bits per heavy atom. The number of rotatable bonds is 2. The van der Waals surface area contributed by atoms with Crippen molar-refractivity contribution < 1.29 is 9.90 Å². The van der Waals surface area contributed by atoms with E-state index in [4.69, 9.17) is 0 Å². The average Bonchev–Trinajstić information content (AvgIpc) is 2.71. The van der Waals surface area contributed by atoms with E-state index in [9.17, 15) is 9.90 Å². The zero-order valence-corrected chi connectivity index (χ0v) is 16.5. The summed E-state index contributed by atoms with van der Waals surface area (Å²) >= 11 is 0. The van der Waals surface area contributed by atoms with Crippen molar-refractivity contribution in [1.82, 2.24) is 14.7 Å². The Hall–Kier alpha value is -1.43. The molecule has 0 saturated carbocycles. The molecule has 0 unspecified atom stereocenters. The Balaban J connectivity index is 1.36. The van der Waals surface area contributed by atoms with E-state index in [1.165, 1.54) is 6.42 Å². The molecule has 1 spiro atoms. The summed E-state index contributed by atoms with van der Waals surface area (Å²) in [6, 6.07) is 10.2. The van der Waals surface area contributed by atoms with E-state index in [-0.39, 0.29) is 17.4 Å². The molecule has 27 heavy (non-hydrogen) atoms. The molecule has 0 aliphatic carbocycles. The van der Waals surface area contributed by atoms with Crippen LogP contribution in [-0.2, 0) is 0 Å². The van der Waals surface area contributed by atoms with Gasteiger partial charge in [-0.05, 0) is 57.8 Å². The molecule has 1 aromatic rings. The number of hydrogen-bond acceptors (Lipinski definition) is 4. The lowest BCUT2D eigenvalue weighted by molar-refractivity contribution is -0.0900. The van der Waals surface area contributed by atoms with Gasteiger partial charge in [0.2, 0.25) is 0 Å². The van der Waals surface area contributed by atoms with E-state index in [2.05, 4.69) is 16.8 Å². The second-order valence-electron chi connectivity index (χ2n) is 8.87. The summed E-state index contributed by atoms with van der Waals surface area (Å²) in [6.45, 7) is 5.83. The fourth-order valence-corrected chi connectivity index (χ4v) is 5.48. The van der Waals surface area contributed by atoms with Crippen molar-refractivity contribution in [2.45, 2.75) is 44.2 Å². The van der Waals surface area contributed by atoms with E-state index in [1.54, 1.807) is 0 Å². The first kappa shape index (κ1) is 18.9. The lowest BCUT2D eigenvalue weighted by atomic mass is 9.71. The van der Waals surface area contributed by atoms with Gasteiger partial charge in [-0.2, -0.15) is 0 Å². The Bertz CT molecular complexity index is 644. The van der Waals surface area contributed by atoms with Gasteiger partial charge in [0.05, 0.1) is 6.10 Å². The number of nitrogens with zero attached hydrogens (tertiary/aromatic N) is 3. The van der Waals surface area contributed by atoms with Gasteiger partial charge in [0.25, 0.3) is 5.91 Å². The van der Waals surface area contributed by atoms with Crippen LogP contribution < -0.4 is 0 Å². The molecule has 1 aromatic carbocycles. The second kappa shape index (κ2) is 7.90. The molecule has 148 valence electrons. The molecule has 5 heteroatoms. The molecule has 1 N–H and O–H groups in total.